The van der Waals surface area contributed by atoms with Gasteiger partial charge in [0, 0.05) is 10.9 Å². The first-order valence-corrected chi connectivity index (χ1v) is 6.05. The third-order valence-electron chi connectivity index (χ3n) is 2.79. The molecule has 2 heterocycles. The largest absolute Gasteiger partial charge is 0.345 e. The van der Waals surface area contributed by atoms with E-state index in [-0.39, 0.29) is 11.4 Å². The zero-order valence-corrected chi connectivity index (χ0v) is 9.56. The molecule has 1 aromatic rings. The fourth-order valence-corrected chi connectivity index (χ4v) is 2.30. The number of carbonyl (C=O) groups excluding carboxylic acids is 1. The summed E-state index contributed by atoms with van der Waals surface area (Å²) >= 11 is 1.44. The van der Waals surface area contributed by atoms with Gasteiger partial charge in [-0.15, -0.1) is 11.3 Å². The van der Waals surface area contributed by atoms with Gasteiger partial charge in [-0.1, -0.05) is 0 Å². The van der Waals surface area contributed by atoms with Crippen LogP contribution in [0.1, 0.15) is 30.3 Å². The lowest BCUT2D eigenvalue weighted by atomic mass is 9.90. The first-order valence-electron chi connectivity index (χ1n) is 5.11. The quantitative estimate of drug-likeness (QED) is 0.790. The fourth-order valence-electron chi connectivity index (χ4n) is 1.77. The first kappa shape index (κ1) is 10.6. The second-order valence-corrected chi connectivity index (χ2v) is 4.86. The first-order chi connectivity index (χ1) is 7.20. The summed E-state index contributed by atoms with van der Waals surface area (Å²) in [5.41, 5.74) is 2.13. The van der Waals surface area contributed by atoms with Gasteiger partial charge in [-0.2, -0.15) is 0 Å². The molecule has 0 atom stereocenters. The molecule has 15 heavy (non-hydrogen) atoms. The van der Waals surface area contributed by atoms with E-state index in [4.69, 9.17) is 0 Å². The predicted octanol–water partition coefficient (Wildman–Crippen LogP) is 1.02. The molecule has 1 aliphatic heterocycles. The van der Waals surface area contributed by atoms with Crippen LogP contribution in [0.25, 0.3) is 0 Å². The highest BCUT2D eigenvalue weighted by Crippen LogP contribution is 2.17. The van der Waals surface area contributed by atoms with E-state index >= 15 is 0 Å². The molecule has 1 aliphatic rings. The highest BCUT2D eigenvalue weighted by Gasteiger charge is 2.28. The number of nitrogens with one attached hydrogen (secondary N) is 2. The highest BCUT2D eigenvalue weighted by atomic mass is 32.1. The van der Waals surface area contributed by atoms with Crippen molar-refractivity contribution in [3.8, 4) is 0 Å². The summed E-state index contributed by atoms with van der Waals surface area (Å²) in [6.07, 6.45) is 1.95. The molecule has 1 aromatic heterocycles. The number of nitrogens with zero attached hydrogens (tertiary/aromatic N) is 1. The van der Waals surface area contributed by atoms with Crippen LogP contribution in [0.5, 0.6) is 0 Å². The zero-order valence-electron chi connectivity index (χ0n) is 8.75. The van der Waals surface area contributed by atoms with Crippen molar-refractivity contribution in [1.82, 2.24) is 15.6 Å². The molecule has 0 aromatic carbocycles. The lowest BCUT2D eigenvalue weighted by Crippen LogP contribution is -2.52. The Morgan fingerprint density at radius 2 is 2.33 bits per heavy atom. The van der Waals surface area contributed by atoms with Crippen LogP contribution in [-0.4, -0.2) is 29.5 Å². The zero-order chi connectivity index (χ0) is 10.7. The van der Waals surface area contributed by atoms with E-state index in [1.165, 1.54) is 11.3 Å². The molecule has 0 radical (unpaired) electrons. The fraction of sp³-hybridized carbons (Fsp3) is 0.600. The topological polar surface area (TPSA) is 54.0 Å². The Hall–Kier alpha value is -0.940. The molecule has 82 valence electrons. The van der Waals surface area contributed by atoms with Gasteiger partial charge in [0.1, 0.15) is 5.69 Å². The Bertz CT molecular complexity index is 330. The van der Waals surface area contributed by atoms with Crippen molar-refractivity contribution in [2.45, 2.75) is 25.3 Å². The molecule has 1 saturated heterocycles. The Kier molecular flexibility index (Phi) is 3.02. The molecule has 0 spiro atoms. The third kappa shape index (κ3) is 2.54. The lowest BCUT2D eigenvalue weighted by molar-refractivity contribution is 0.0883. The number of thiazole rings is 1. The van der Waals surface area contributed by atoms with E-state index in [2.05, 4.69) is 22.5 Å². The smallest absolute Gasteiger partial charge is 0.271 e. The number of amides is 1. The second-order valence-electron chi connectivity index (χ2n) is 4.14. The summed E-state index contributed by atoms with van der Waals surface area (Å²) in [5.74, 6) is -0.0550. The highest BCUT2D eigenvalue weighted by molar-refractivity contribution is 7.07. The average molecular weight is 225 g/mol. The van der Waals surface area contributed by atoms with Crippen LogP contribution < -0.4 is 10.6 Å². The van der Waals surface area contributed by atoms with Crippen molar-refractivity contribution < 1.29 is 4.79 Å². The maximum absolute atomic E-state index is 11.8. The number of rotatable bonds is 2. The normalized spacial score (nSPS) is 19.8. The van der Waals surface area contributed by atoms with Crippen molar-refractivity contribution in [3.05, 3.63) is 16.6 Å². The minimum Gasteiger partial charge on any atom is -0.345 e. The summed E-state index contributed by atoms with van der Waals surface area (Å²) in [6, 6.07) is 0. The van der Waals surface area contributed by atoms with Gasteiger partial charge in [-0.25, -0.2) is 4.98 Å². The van der Waals surface area contributed by atoms with Crippen LogP contribution in [-0.2, 0) is 0 Å². The number of hydrogen-bond donors (Lipinski definition) is 2. The minimum absolute atomic E-state index is 0.0550. The number of carbonyl (C=O) groups is 1. The van der Waals surface area contributed by atoms with Gasteiger partial charge in [-0.3, -0.25) is 4.79 Å². The van der Waals surface area contributed by atoms with E-state index in [0.29, 0.717) is 5.69 Å². The van der Waals surface area contributed by atoms with Crippen LogP contribution in [0.3, 0.4) is 0 Å². The summed E-state index contributed by atoms with van der Waals surface area (Å²) in [6.45, 7) is 4.03. The summed E-state index contributed by atoms with van der Waals surface area (Å²) in [5, 5.41) is 8.12. The van der Waals surface area contributed by atoms with Gasteiger partial charge in [0.25, 0.3) is 5.91 Å². The number of piperidine rings is 1. The van der Waals surface area contributed by atoms with Gasteiger partial charge >= 0.3 is 0 Å². The molecule has 0 aliphatic carbocycles. The Morgan fingerprint density at radius 1 is 1.60 bits per heavy atom. The number of hydrogen-bond acceptors (Lipinski definition) is 4. The monoisotopic (exact) mass is 225 g/mol. The van der Waals surface area contributed by atoms with Gasteiger partial charge < -0.3 is 10.6 Å². The maximum atomic E-state index is 11.8. The molecular formula is C10H15N3OS. The molecule has 2 N–H and O–H groups in total. The van der Waals surface area contributed by atoms with Gasteiger partial charge in [0.05, 0.1) is 5.51 Å². The van der Waals surface area contributed by atoms with Gasteiger partial charge in [0.2, 0.25) is 0 Å². The molecule has 1 amide bonds. The maximum Gasteiger partial charge on any atom is 0.271 e. The molecule has 2 rings (SSSR count). The van der Waals surface area contributed by atoms with Gasteiger partial charge in [-0.05, 0) is 32.9 Å². The second kappa shape index (κ2) is 4.28. The average Bonchev–Trinajstić information content (AvgIpc) is 2.70. The van der Waals surface area contributed by atoms with E-state index in [1.54, 1.807) is 10.9 Å². The predicted molar refractivity (Wildman–Crippen MR) is 60.1 cm³/mol. The minimum atomic E-state index is -0.0774. The van der Waals surface area contributed by atoms with Crippen molar-refractivity contribution in [3.63, 3.8) is 0 Å². The molecule has 5 heteroatoms. The van der Waals surface area contributed by atoms with E-state index < -0.39 is 0 Å². The Morgan fingerprint density at radius 3 is 2.93 bits per heavy atom. The van der Waals surface area contributed by atoms with E-state index in [9.17, 15) is 4.79 Å². The molecule has 0 unspecified atom stereocenters. The van der Waals surface area contributed by atoms with Crippen LogP contribution in [0, 0.1) is 0 Å². The molecule has 4 nitrogen and oxygen atoms in total. The third-order valence-corrected chi connectivity index (χ3v) is 3.37. The van der Waals surface area contributed by atoms with Crippen LogP contribution in [0.2, 0.25) is 0 Å². The molecule has 1 fully saturated rings. The Balaban J connectivity index is 1.98. The van der Waals surface area contributed by atoms with E-state index in [0.717, 1.165) is 25.9 Å². The molecular weight excluding hydrogens is 210 g/mol. The van der Waals surface area contributed by atoms with Crippen LogP contribution in [0.4, 0.5) is 0 Å². The Labute approximate surface area is 93.1 Å². The standard InChI is InChI=1S/C10H15N3OS/c1-10(2-4-11-5-3-10)13-9(14)8-6-15-7-12-8/h6-7,11H,2-5H2,1H3,(H,13,14). The molecule has 0 saturated carbocycles. The van der Waals surface area contributed by atoms with Gasteiger partial charge in [0.15, 0.2) is 0 Å². The van der Waals surface area contributed by atoms with Crippen molar-refractivity contribution in [1.29, 1.82) is 0 Å². The van der Waals surface area contributed by atoms with Crippen molar-refractivity contribution in [2.75, 3.05) is 13.1 Å². The van der Waals surface area contributed by atoms with Crippen LogP contribution >= 0.6 is 11.3 Å². The number of aromatic nitrogens is 1. The van der Waals surface area contributed by atoms with E-state index in [1.807, 2.05) is 0 Å². The summed E-state index contributed by atoms with van der Waals surface area (Å²) < 4.78 is 0. The van der Waals surface area contributed by atoms with Crippen LogP contribution in [0.15, 0.2) is 10.9 Å². The lowest BCUT2D eigenvalue weighted by Gasteiger charge is -2.34. The molecule has 0 bridgehead atoms. The van der Waals surface area contributed by atoms with Crippen molar-refractivity contribution in [2.24, 2.45) is 0 Å². The SMILES string of the molecule is CC1(NC(=O)c2cscn2)CCNCC1. The summed E-state index contributed by atoms with van der Waals surface area (Å²) in [7, 11) is 0. The van der Waals surface area contributed by atoms with Crippen molar-refractivity contribution >= 4 is 17.2 Å². The summed E-state index contributed by atoms with van der Waals surface area (Å²) in [4.78, 5) is 15.8.